The number of hydrogen-bond acceptors (Lipinski definition) is 4. The molecule has 0 bridgehead atoms. The zero-order valence-corrected chi connectivity index (χ0v) is 12.3. The van der Waals surface area contributed by atoms with Crippen molar-refractivity contribution in [3.63, 3.8) is 0 Å². The number of rotatable bonds is 6. The van der Waals surface area contributed by atoms with Gasteiger partial charge < -0.3 is 10.1 Å². The van der Waals surface area contributed by atoms with Gasteiger partial charge in [0.25, 0.3) is 0 Å². The van der Waals surface area contributed by atoms with Crippen molar-refractivity contribution in [2.75, 3.05) is 7.05 Å². The van der Waals surface area contributed by atoms with Gasteiger partial charge in [0, 0.05) is 7.05 Å². The molecule has 0 aromatic heterocycles. The number of benzene rings is 1. The summed E-state index contributed by atoms with van der Waals surface area (Å²) in [5.74, 6) is -1.78. The Hall–Kier alpha value is -2.61. The highest BCUT2D eigenvalue weighted by Gasteiger charge is 2.22. The average Bonchev–Trinajstić information content (AvgIpc) is 2.45. The van der Waals surface area contributed by atoms with Crippen LogP contribution < -0.4 is 10.1 Å². The van der Waals surface area contributed by atoms with Crippen LogP contribution in [0.1, 0.15) is 19.4 Å². The smallest absolute Gasteiger partial charge is 0.245 e. The Bertz CT molecular complexity index is 585. The molecule has 0 heterocycles. The largest absolute Gasteiger partial charge is 0.491 e. The Morgan fingerprint density at radius 1 is 1.38 bits per heavy atom. The first-order valence-electron chi connectivity index (χ1n) is 6.57. The van der Waals surface area contributed by atoms with Gasteiger partial charge in [-0.05, 0) is 37.6 Å². The van der Waals surface area contributed by atoms with Crippen LogP contribution in [-0.4, -0.2) is 24.8 Å². The van der Waals surface area contributed by atoms with E-state index in [1.807, 2.05) is 26.0 Å². The monoisotopic (exact) mass is 286 g/mol. The van der Waals surface area contributed by atoms with E-state index in [1.165, 1.54) is 13.1 Å². The average molecular weight is 286 g/mol. The van der Waals surface area contributed by atoms with E-state index in [-0.39, 0.29) is 6.10 Å². The van der Waals surface area contributed by atoms with Gasteiger partial charge in [-0.15, -0.1) is 0 Å². The fourth-order valence-corrected chi connectivity index (χ4v) is 1.63. The van der Waals surface area contributed by atoms with Crippen LogP contribution in [0.4, 0.5) is 0 Å². The van der Waals surface area contributed by atoms with Crippen molar-refractivity contribution >= 4 is 17.8 Å². The summed E-state index contributed by atoms with van der Waals surface area (Å²) in [7, 11) is 1.39. The molecule has 0 aliphatic carbocycles. The summed E-state index contributed by atoms with van der Waals surface area (Å²) in [6.07, 6.45) is 2.85. The second kappa shape index (κ2) is 7.85. The molecule has 1 N–H and O–H groups in total. The Kier molecular flexibility index (Phi) is 6.15. The first-order chi connectivity index (χ1) is 9.97. The first-order valence-corrected chi connectivity index (χ1v) is 6.57. The zero-order valence-electron chi connectivity index (χ0n) is 12.3. The molecular formula is C16H18N2O3. The van der Waals surface area contributed by atoms with Crippen LogP contribution >= 0.6 is 0 Å². The lowest BCUT2D eigenvalue weighted by Crippen LogP contribution is -2.31. The van der Waals surface area contributed by atoms with E-state index in [0.717, 1.165) is 5.56 Å². The molecule has 21 heavy (non-hydrogen) atoms. The standard InChI is InChI=1S/C16H18N2O3/c1-11(2)21-13-6-4-5-12(9-13)7-8-15(19)14(10-17)16(20)18-3/h4-9,11,14H,1-3H3,(H,18,20)/b8-7-/t14-/m1/s1. The molecule has 0 aliphatic rings. The number of amides is 1. The number of nitriles is 1. The molecule has 0 unspecified atom stereocenters. The molecule has 1 aromatic rings. The predicted molar refractivity (Wildman–Crippen MR) is 79.4 cm³/mol. The highest BCUT2D eigenvalue weighted by Crippen LogP contribution is 2.16. The van der Waals surface area contributed by atoms with Gasteiger partial charge in [0.1, 0.15) is 5.75 Å². The molecule has 0 saturated carbocycles. The normalized spacial score (nSPS) is 12.0. The minimum absolute atomic E-state index is 0.0575. The lowest BCUT2D eigenvalue weighted by atomic mass is 10.0. The number of nitrogens with zero attached hydrogens (tertiary/aromatic N) is 1. The number of carbonyl (C=O) groups is 2. The van der Waals surface area contributed by atoms with Gasteiger partial charge >= 0.3 is 0 Å². The van der Waals surface area contributed by atoms with Gasteiger partial charge in [-0.2, -0.15) is 5.26 Å². The number of hydrogen-bond donors (Lipinski definition) is 1. The third kappa shape index (κ3) is 5.11. The molecule has 0 radical (unpaired) electrons. The highest BCUT2D eigenvalue weighted by atomic mass is 16.5. The number of ether oxygens (including phenoxy) is 1. The van der Waals surface area contributed by atoms with Crippen molar-refractivity contribution in [1.29, 1.82) is 5.26 Å². The molecule has 1 atom stereocenters. The third-order valence-corrected chi connectivity index (χ3v) is 2.59. The van der Waals surface area contributed by atoms with Gasteiger partial charge in [0.15, 0.2) is 11.7 Å². The Morgan fingerprint density at radius 3 is 2.67 bits per heavy atom. The third-order valence-electron chi connectivity index (χ3n) is 2.59. The van der Waals surface area contributed by atoms with Gasteiger partial charge in [-0.1, -0.05) is 18.2 Å². The number of carbonyl (C=O) groups excluding carboxylic acids is 2. The molecule has 5 heteroatoms. The van der Waals surface area contributed by atoms with Crippen molar-refractivity contribution in [2.24, 2.45) is 5.92 Å². The lowest BCUT2D eigenvalue weighted by Gasteiger charge is -2.09. The highest BCUT2D eigenvalue weighted by molar-refractivity contribution is 6.10. The van der Waals surface area contributed by atoms with Gasteiger partial charge in [0.2, 0.25) is 5.91 Å². The maximum absolute atomic E-state index is 11.8. The molecule has 1 rings (SSSR count). The van der Waals surface area contributed by atoms with Crippen molar-refractivity contribution < 1.29 is 14.3 Å². The summed E-state index contributed by atoms with van der Waals surface area (Å²) >= 11 is 0. The van der Waals surface area contributed by atoms with E-state index in [9.17, 15) is 9.59 Å². The Morgan fingerprint density at radius 2 is 2.10 bits per heavy atom. The Balaban J connectivity index is 2.83. The second-order valence-electron chi connectivity index (χ2n) is 4.65. The zero-order chi connectivity index (χ0) is 15.8. The maximum atomic E-state index is 11.8. The van der Waals surface area contributed by atoms with Crippen LogP contribution in [-0.2, 0) is 9.59 Å². The van der Waals surface area contributed by atoms with Crippen LogP contribution in [0.5, 0.6) is 5.75 Å². The van der Waals surface area contributed by atoms with Crippen LogP contribution in [0.25, 0.3) is 6.08 Å². The number of nitrogens with one attached hydrogen (secondary N) is 1. The molecule has 0 fully saturated rings. The van der Waals surface area contributed by atoms with Crippen LogP contribution in [0.2, 0.25) is 0 Å². The number of allylic oxidation sites excluding steroid dienone is 1. The van der Waals surface area contributed by atoms with E-state index in [2.05, 4.69) is 5.32 Å². The fourth-order valence-electron chi connectivity index (χ4n) is 1.63. The van der Waals surface area contributed by atoms with Crippen molar-refractivity contribution in [3.05, 3.63) is 35.9 Å². The Labute approximate surface area is 124 Å². The van der Waals surface area contributed by atoms with Crippen molar-refractivity contribution in [2.45, 2.75) is 20.0 Å². The van der Waals surface area contributed by atoms with Crippen LogP contribution in [0, 0.1) is 17.2 Å². The van der Waals surface area contributed by atoms with E-state index in [0.29, 0.717) is 5.75 Å². The molecule has 0 spiro atoms. The van der Waals surface area contributed by atoms with Gasteiger partial charge in [-0.3, -0.25) is 9.59 Å². The summed E-state index contributed by atoms with van der Waals surface area (Å²) in [5.41, 5.74) is 0.759. The SMILES string of the molecule is CNC(=O)[C@H](C#N)C(=O)/C=C\c1cccc(OC(C)C)c1. The van der Waals surface area contributed by atoms with Crippen molar-refractivity contribution in [1.82, 2.24) is 5.32 Å². The summed E-state index contributed by atoms with van der Waals surface area (Å²) in [4.78, 5) is 23.2. The van der Waals surface area contributed by atoms with E-state index < -0.39 is 17.6 Å². The molecular weight excluding hydrogens is 268 g/mol. The van der Waals surface area contributed by atoms with E-state index >= 15 is 0 Å². The van der Waals surface area contributed by atoms with Gasteiger partial charge in [-0.25, -0.2) is 0 Å². The minimum Gasteiger partial charge on any atom is -0.491 e. The summed E-state index contributed by atoms with van der Waals surface area (Å²) in [6, 6.07) is 8.90. The maximum Gasteiger partial charge on any atom is 0.245 e. The van der Waals surface area contributed by atoms with Crippen molar-refractivity contribution in [3.8, 4) is 11.8 Å². The second-order valence-corrected chi connectivity index (χ2v) is 4.65. The quantitative estimate of drug-likeness (QED) is 0.640. The first kappa shape index (κ1) is 16.4. The summed E-state index contributed by atoms with van der Waals surface area (Å²) < 4.78 is 5.55. The fraction of sp³-hybridized carbons (Fsp3) is 0.312. The topological polar surface area (TPSA) is 79.2 Å². The predicted octanol–water partition coefficient (Wildman–Crippen LogP) is 1.94. The van der Waals surface area contributed by atoms with Crippen LogP contribution in [0.15, 0.2) is 30.3 Å². The summed E-state index contributed by atoms with van der Waals surface area (Å²) in [6.45, 7) is 3.85. The molecule has 1 amide bonds. The molecule has 110 valence electrons. The lowest BCUT2D eigenvalue weighted by molar-refractivity contribution is -0.129. The van der Waals surface area contributed by atoms with Gasteiger partial charge in [0.05, 0.1) is 12.2 Å². The van der Waals surface area contributed by atoms with E-state index in [1.54, 1.807) is 24.3 Å². The molecule has 0 aliphatic heterocycles. The molecule has 1 aromatic carbocycles. The summed E-state index contributed by atoms with van der Waals surface area (Å²) in [5, 5.41) is 11.1. The molecule has 0 saturated heterocycles. The van der Waals surface area contributed by atoms with E-state index in [4.69, 9.17) is 10.00 Å². The number of ketones is 1. The van der Waals surface area contributed by atoms with Crippen LogP contribution in [0.3, 0.4) is 0 Å². The molecule has 5 nitrogen and oxygen atoms in total. The minimum atomic E-state index is -1.32.